The van der Waals surface area contributed by atoms with Gasteiger partial charge in [-0.2, -0.15) is 0 Å². The number of methoxy groups -OCH3 is 1. The smallest absolute Gasteiger partial charge is 0.139 e. The molecule has 0 saturated heterocycles. The maximum absolute atomic E-state index is 13.8. The quantitative estimate of drug-likeness (QED) is 0.711. The van der Waals surface area contributed by atoms with Crippen molar-refractivity contribution in [3.05, 3.63) is 28.2 Å². The van der Waals surface area contributed by atoms with E-state index in [2.05, 4.69) is 27.8 Å². The van der Waals surface area contributed by atoms with Crippen molar-refractivity contribution in [3.8, 4) is 0 Å². The Bertz CT molecular complexity index is 615. The molecule has 1 heterocycles. The third kappa shape index (κ3) is 3.00. The van der Waals surface area contributed by atoms with Gasteiger partial charge in [0.05, 0.1) is 20.9 Å². The Labute approximate surface area is 131 Å². The van der Waals surface area contributed by atoms with Crippen LogP contribution in [0, 0.1) is 5.82 Å². The van der Waals surface area contributed by atoms with Crippen molar-refractivity contribution in [2.75, 3.05) is 13.7 Å². The Balaban J connectivity index is 2.58. The topological polar surface area (TPSA) is 27.1 Å². The number of imidazole rings is 1. The van der Waals surface area contributed by atoms with Gasteiger partial charge in [0.1, 0.15) is 11.6 Å². The van der Waals surface area contributed by atoms with Crippen LogP contribution in [0.5, 0.6) is 0 Å². The number of alkyl halides is 1. The van der Waals surface area contributed by atoms with Gasteiger partial charge in [0.25, 0.3) is 0 Å². The van der Waals surface area contributed by atoms with Gasteiger partial charge in [0.15, 0.2) is 0 Å². The molecule has 0 bridgehead atoms. The molecule has 0 aliphatic carbocycles. The minimum absolute atomic E-state index is 0.136. The normalized spacial score (nSPS) is 14.7. The van der Waals surface area contributed by atoms with Crippen LogP contribution in [0.1, 0.15) is 37.5 Å². The van der Waals surface area contributed by atoms with E-state index in [0.717, 1.165) is 23.3 Å². The molecule has 2 rings (SSSR count). The van der Waals surface area contributed by atoms with Crippen LogP contribution in [0.3, 0.4) is 0 Å². The van der Waals surface area contributed by atoms with Crippen molar-refractivity contribution in [2.45, 2.75) is 31.7 Å². The summed E-state index contributed by atoms with van der Waals surface area (Å²) in [6.07, 6.45) is 0.816. The lowest BCUT2D eigenvalue weighted by atomic mass is 10.2. The molecule has 20 heavy (non-hydrogen) atoms. The number of aromatic nitrogens is 2. The van der Waals surface area contributed by atoms with Crippen molar-refractivity contribution < 1.29 is 9.13 Å². The standard InChI is InChI=1S/C14H17BrClFN2O/c1-8(4-5-20-3)19-13-7-11(17)10(15)6-12(13)18-14(19)9(2)16/h6-9H,4-5H2,1-3H3. The van der Waals surface area contributed by atoms with Crippen LogP contribution >= 0.6 is 27.5 Å². The number of hydrogen-bond acceptors (Lipinski definition) is 2. The molecule has 1 aromatic heterocycles. The van der Waals surface area contributed by atoms with Crippen molar-refractivity contribution in [1.29, 1.82) is 0 Å². The van der Waals surface area contributed by atoms with Crippen molar-refractivity contribution >= 4 is 38.6 Å². The number of ether oxygens (including phenoxy) is 1. The number of hydrogen-bond donors (Lipinski definition) is 0. The van der Waals surface area contributed by atoms with Crippen molar-refractivity contribution in [3.63, 3.8) is 0 Å². The Morgan fingerprint density at radius 2 is 2.15 bits per heavy atom. The van der Waals surface area contributed by atoms with E-state index in [1.165, 1.54) is 6.07 Å². The van der Waals surface area contributed by atoms with Crippen molar-refractivity contribution in [2.24, 2.45) is 0 Å². The summed E-state index contributed by atoms with van der Waals surface area (Å²) in [7, 11) is 1.67. The summed E-state index contributed by atoms with van der Waals surface area (Å²) in [6.45, 7) is 4.56. The molecule has 0 aliphatic rings. The molecule has 110 valence electrons. The molecule has 0 saturated carbocycles. The highest BCUT2D eigenvalue weighted by Gasteiger charge is 2.20. The van der Waals surface area contributed by atoms with E-state index in [1.54, 1.807) is 13.2 Å². The van der Waals surface area contributed by atoms with Gasteiger partial charge in [-0.1, -0.05) is 0 Å². The van der Waals surface area contributed by atoms with Gasteiger partial charge >= 0.3 is 0 Å². The average molecular weight is 364 g/mol. The molecule has 0 fully saturated rings. The molecular formula is C14H17BrClFN2O. The highest BCUT2D eigenvalue weighted by molar-refractivity contribution is 9.10. The van der Waals surface area contributed by atoms with Gasteiger partial charge in [-0.15, -0.1) is 11.6 Å². The summed E-state index contributed by atoms with van der Waals surface area (Å²) in [4.78, 5) is 4.54. The first-order valence-corrected chi connectivity index (χ1v) is 7.68. The van der Waals surface area contributed by atoms with Gasteiger partial charge in [0.2, 0.25) is 0 Å². The van der Waals surface area contributed by atoms with E-state index in [1.807, 2.05) is 11.5 Å². The number of rotatable bonds is 5. The minimum atomic E-state index is -0.300. The van der Waals surface area contributed by atoms with Crippen LogP contribution in [0.15, 0.2) is 16.6 Å². The predicted molar refractivity (Wildman–Crippen MR) is 82.9 cm³/mol. The molecule has 6 heteroatoms. The first kappa shape index (κ1) is 15.7. The van der Waals surface area contributed by atoms with E-state index >= 15 is 0 Å². The van der Waals surface area contributed by atoms with E-state index < -0.39 is 0 Å². The summed E-state index contributed by atoms with van der Waals surface area (Å²) < 4.78 is 21.3. The molecule has 2 aromatic rings. The zero-order valence-corrected chi connectivity index (χ0v) is 14.0. The first-order chi connectivity index (χ1) is 9.45. The Morgan fingerprint density at radius 1 is 1.45 bits per heavy atom. The van der Waals surface area contributed by atoms with Gasteiger partial charge in [-0.25, -0.2) is 9.37 Å². The summed E-state index contributed by atoms with van der Waals surface area (Å²) in [6, 6.07) is 3.32. The van der Waals surface area contributed by atoms with E-state index in [-0.39, 0.29) is 17.2 Å². The summed E-state index contributed by atoms with van der Waals surface area (Å²) in [5.41, 5.74) is 1.50. The molecule has 3 nitrogen and oxygen atoms in total. The predicted octanol–water partition coefficient (Wildman–Crippen LogP) is 4.84. The van der Waals surface area contributed by atoms with Gasteiger partial charge in [0, 0.05) is 25.8 Å². The summed E-state index contributed by atoms with van der Waals surface area (Å²) in [5.74, 6) is 0.453. The number of nitrogens with zero attached hydrogens (tertiary/aromatic N) is 2. The van der Waals surface area contributed by atoms with E-state index in [9.17, 15) is 4.39 Å². The zero-order valence-electron chi connectivity index (χ0n) is 11.7. The Hall–Kier alpha value is -0.650. The second-order valence-corrected chi connectivity index (χ2v) is 6.35. The van der Waals surface area contributed by atoms with E-state index in [4.69, 9.17) is 16.3 Å². The van der Waals surface area contributed by atoms with Crippen LogP contribution in [-0.4, -0.2) is 23.3 Å². The Morgan fingerprint density at radius 3 is 2.75 bits per heavy atom. The Kier molecular flexibility index (Phi) is 5.04. The molecule has 0 N–H and O–H groups in total. The monoisotopic (exact) mass is 362 g/mol. The second-order valence-electron chi connectivity index (χ2n) is 4.84. The lowest BCUT2D eigenvalue weighted by Gasteiger charge is -2.18. The van der Waals surface area contributed by atoms with Crippen LogP contribution < -0.4 is 0 Å². The van der Waals surface area contributed by atoms with Crippen LogP contribution in [-0.2, 0) is 4.74 Å². The molecule has 1 aromatic carbocycles. The number of halogens is 3. The molecule has 0 radical (unpaired) electrons. The fraction of sp³-hybridized carbons (Fsp3) is 0.500. The first-order valence-electron chi connectivity index (χ1n) is 6.45. The van der Waals surface area contributed by atoms with Crippen LogP contribution in [0.25, 0.3) is 11.0 Å². The third-order valence-corrected chi connectivity index (χ3v) is 4.10. The highest BCUT2D eigenvalue weighted by atomic mass is 79.9. The third-order valence-electron chi connectivity index (χ3n) is 3.30. The molecule has 2 unspecified atom stereocenters. The number of benzene rings is 1. The molecule has 0 spiro atoms. The summed E-state index contributed by atoms with van der Waals surface area (Å²) in [5, 5.41) is -0.241. The lowest BCUT2D eigenvalue weighted by Crippen LogP contribution is -2.12. The van der Waals surface area contributed by atoms with Gasteiger partial charge in [-0.05, 0) is 42.3 Å². The number of fused-ring (bicyclic) bond motifs is 1. The molecule has 2 atom stereocenters. The van der Waals surface area contributed by atoms with Gasteiger partial charge in [-0.3, -0.25) is 0 Å². The SMILES string of the molecule is COCCC(C)n1c(C(C)Cl)nc2cc(Br)c(F)cc21. The fourth-order valence-electron chi connectivity index (χ4n) is 2.27. The maximum Gasteiger partial charge on any atom is 0.139 e. The van der Waals surface area contributed by atoms with Gasteiger partial charge < -0.3 is 9.30 Å². The lowest BCUT2D eigenvalue weighted by molar-refractivity contribution is 0.181. The average Bonchev–Trinajstić information content (AvgIpc) is 2.75. The largest absolute Gasteiger partial charge is 0.385 e. The maximum atomic E-state index is 13.8. The molecule has 0 aliphatic heterocycles. The second kappa shape index (κ2) is 6.41. The van der Waals surface area contributed by atoms with Crippen LogP contribution in [0.4, 0.5) is 4.39 Å². The minimum Gasteiger partial charge on any atom is -0.385 e. The van der Waals surface area contributed by atoms with Crippen molar-refractivity contribution in [1.82, 2.24) is 9.55 Å². The molecule has 0 amide bonds. The zero-order chi connectivity index (χ0) is 14.9. The molecular weight excluding hydrogens is 347 g/mol. The fourth-order valence-corrected chi connectivity index (χ4v) is 2.76. The van der Waals surface area contributed by atoms with Crippen LogP contribution in [0.2, 0.25) is 0 Å². The summed E-state index contributed by atoms with van der Waals surface area (Å²) >= 11 is 9.41. The van der Waals surface area contributed by atoms with E-state index in [0.29, 0.717) is 11.1 Å². The highest BCUT2D eigenvalue weighted by Crippen LogP contribution is 2.31.